The summed E-state index contributed by atoms with van der Waals surface area (Å²) in [6.07, 6.45) is 0.874. The number of rotatable bonds is 3. The number of carbonyl (C=O) groups is 1. The van der Waals surface area contributed by atoms with Crippen molar-refractivity contribution in [3.8, 4) is 0 Å². The Bertz CT molecular complexity index is 1210. The fourth-order valence-corrected chi connectivity index (χ4v) is 4.64. The maximum absolute atomic E-state index is 13.7. The third-order valence-electron chi connectivity index (χ3n) is 6.00. The molecule has 0 bridgehead atoms. The van der Waals surface area contributed by atoms with Gasteiger partial charge in [-0.05, 0) is 54.7 Å². The molecule has 1 aliphatic heterocycles. The molecule has 0 radical (unpaired) electrons. The molecule has 3 heteroatoms. The Balaban J connectivity index is 1.74. The molecule has 1 aromatic heterocycles. The summed E-state index contributed by atoms with van der Waals surface area (Å²) >= 11 is 0. The number of aromatic nitrogens is 1. The van der Waals surface area contributed by atoms with Crippen molar-refractivity contribution in [2.75, 3.05) is 11.4 Å². The molecule has 0 saturated heterocycles. The molecule has 144 valence electrons. The highest BCUT2D eigenvalue weighted by atomic mass is 16.2. The Kier molecular flexibility index (Phi) is 4.24. The first-order chi connectivity index (χ1) is 14.1. The minimum Gasteiger partial charge on any atom is -0.332 e. The van der Waals surface area contributed by atoms with Gasteiger partial charge in [-0.3, -0.25) is 4.79 Å². The second kappa shape index (κ2) is 6.93. The van der Waals surface area contributed by atoms with Crippen LogP contribution in [0.5, 0.6) is 0 Å². The van der Waals surface area contributed by atoms with Crippen molar-refractivity contribution >= 4 is 22.5 Å². The van der Waals surface area contributed by atoms with Gasteiger partial charge in [-0.25, -0.2) is 0 Å². The van der Waals surface area contributed by atoms with Crippen LogP contribution in [0.25, 0.3) is 10.9 Å². The van der Waals surface area contributed by atoms with E-state index in [1.807, 2.05) is 41.3 Å². The summed E-state index contributed by atoms with van der Waals surface area (Å²) in [4.78, 5) is 15.6. The van der Waals surface area contributed by atoms with Gasteiger partial charge in [-0.1, -0.05) is 60.7 Å². The summed E-state index contributed by atoms with van der Waals surface area (Å²) in [6.45, 7) is 5.72. The summed E-state index contributed by atoms with van der Waals surface area (Å²) in [5.41, 5.74) is 7.88. The van der Waals surface area contributed by atoms with Gasteiger partial charge in [-0.15, -0.1) is 0 Å². The second-order valence-electron chi connectivity index (χ2n) is 7.86. The normalized spacial score (nSPS) is 13.7. The topological polar surface area (TPSA) is 25.2 Å². The van der Waals surface area contributed by atoms with E-state index in [9.17, 15) is 4.79 Å². The number of amides is 1. The molecular weight excluding hydrogens is 356 g/mol. The lowest BCUT2D eigenvalue weighted by atomic mass is 9.98. The molecule has 0 fully saturated rings. The van der Waals surface area contributed by atoms with Crippen LogP contribution in [0.2, 0.25) is 0 Å². The van der Waals surface area contributed by atoms with Gasteiger partial charge in [0.25, 0.3) is 5.91 Å². The molecule has 3 aromatic carbocycles. The molecule has 3 nitrogen and oxygen atoms in total. The molecule has 0 N–H and O–H groups in total. The van der Waals surface area contributed by atoms with Crippen molar-refractivity contribution < 1.29 is 4.79 Å². The van der Waals surface area contributed by atoms with E-state index in [4.69, 9.17) is 0 Å². The van der Waals surface area contributed by atoms with Crippen LogP contribution >= 0.6 is 0 Å². The molecular formula is C26H24N2O. The quantitative estimate of drug-likeness (QED) is 0.460. The fraction of sp³-hybridized carbons (Fsp3) is 0.192. The highest BCUT2D eigenvalue weighted by Gasteiger charge is 2.32. The van der Waals surface area contributed by atoms with Crippen molar-refractivity contribution in [3.63, 3.8) is 0 Å². The van der Waals surface area contributed by atoms with Gasteiger partial charge in [0.05, 0.1) is 5.52 Å². The van der Waals surface area contributed by atoms with E-state index in [0.717, 1.165) is 17.8 Å². The Morgan fingerprint density at radius 2 is 1.48 bits per heavy atom. The van der Waals surface area contributed by atoms with Gasteiger partial charge >= 0.3 is 0 Å². The highest BCUT2D eigenvalue weighted by molar-refractivity contribution is 6.12. The predicted octanol–water partition coefficient (Wildman–Crippen LogP) is 5.51. The standard InChI is InChI=1S/C26H24N2O/c1-18-13-14-19(2)24-23(18)22-15-16-27(21-11-7-4-8-12-21)26(29)25(22)28(24)17-20-9-5-3-6-10-20/h3-14H,15-17H2,1-2H3. The largest absolute Gasteiger partial charge is 0.332 e. The van der Waals surface area contributed by atoms with Crippen LogP contribution in [0.4, 0.5) is 5.69 Å². The lowest BCUT2D eigenvalue weighted by Gasteiger charge is -2.28. The number of aryl methyl sites for hydroxylation is 2. The summed E-state index contributed by atoms with van der Waals surface area (Å²) in [7, 11) is 0. The van der Waals surface area contributed by atoms with Gasteiger partial charge in [0.15, 0.2) is 0 Å². The summed E-state index contributed by atoms with van der Waals surface area (Å²) in [5, 5.41) is 1.26. The molecule has 0 aliphatic carbocycles. The highest BCUT2D eigenvalue weighted by Crippen LogP contribution is 2.36. The van der Waals surface area contributed by atoms with Crippen molar-refractivity contribution in [1.82, 2.24) is 4.57 Å². The fourth-order valence-electron chi connectivity index (χ4n) is 4.64. The molecule has 4 aromatic rings. The van der Waals surface area contributed by atoms with Crippen LogP contribution in [-0.2, 0) is 13.0 Å². The number of hydrogen-bond acceptors (Lipinski definition) is 1. The van der Waals surface area contributed by atoms with Gasteiger partial charge in [-0.2, -0.15) is 0 Å². The van der Waals surface area contributed by atoms with E-state index >= 15 is 0 Å². The smallest absolute Gasteiger partial charge is 0.275 e. The summed E-state index contributed by atoms with van der Waals surface area (Å²) in [5.74, 6) is 0.100. The van der Waals surface area contributed by atoms with Crippen LogP contribution in [0.15, 0.2) is 72.8 Å². The zero-order valence-electron chi connectivity index (χ0n) is 16.9. The van der Waals surface area contributed by atoms with Crippen LogP contribution in [0.1, 0.15) is 32.7 Å². The van der Waals surface area contributed by atoms with Crippen molar-refractivity contribution in [2.24, 2.45) is 0 Å². The van der Waals surface area contributed by atoms with Crippen LogP contribution in [0.3, 0.4) is 0 Å². The molecule has 1 amide bonds. The zero-order chi connectivity index (χ0) is 20.0. The number of benzene rings is 3. The number of nitrogens with zero attached hydrogens (tertiary/aromatic N) is 2. The minimum atomic E-state index is 0.100. The van der Waals surface area contributed by atoms with E-state index in [1.54, 1.807) is 0 Å². The van der Waals surface area contributed by atoms with Gasteiger partial charge in [0.2, 0.25) is 0 Å². The lowest BCUT2D eigenvalue weighted by molar-refractivity contribution is 0.0972. The van der Waals surface area contributed by atoms with Gasteiger partial charge in [0, 0.05) is 24.2 Å². The van der Waals surface area contributed by atoms with E-state index in [0.29, 0.717) is 13.1 Å². The SMILES string of the molecule is Cc1ccc(C)c2c1c1c(n2Cc2ccccc2)C(=O)N(c2ccccc2)CC1. The molecule has 0 saturated carbocycles. The first-order valence-corrected chi connectivity index (χ1v) is 10.2. The van der Waals surface area contributed by atoms with Gasteiger partial charge < -0.3 is 9.47 Å². The first-order valence-electron chi connectivity index (χ1n) is 10.2. The maximum Gasteiger partial charge on any atom is 0.275 e. The number of anilines is 1. The Hall–Kier alpha value is -3.33. The Morgan fingerprint density at radius 1 is 0.828 bits per heavy atom. The summed E-state index contributed by atoms with van der Waals surface area (Å²) < 4.78 is 2.25. The second-order valence-corrected chi connectivity index (χ2v) is 7.86. The molecule has 1 aliphatic rings. The minimum absolute atomic E-state index is 0.100. The predicted molar refractivity (Wildman–Crippen MR) is 119 cm³/mol. The first kappa shape index (κ1) is 17.7. The number of fused-ring (bicyclic) bond motifs is 3. The molecule has 29 heavy (non-hydrogen) atoms. The van der Waals surface area contributed by atoms with Crippen LogP contribution in [-0.4, -0.2) is 17.0 Å². The average Bonchev–Trinajstić information content (AvgIpc) is 3.09. The van der Waals surface area contributed by atoms with Crippen molar-refractivity contribution in [1.29, 1.82) is 0 Å². The number of hydrogen-bond donors (Lipinski definition) is 0. The Morgan fingerprint density at radius 3 is 2.21 bits per heavy atom. The zero-order valence-corrected chi connectivity index (χ0v) is 16.9. The van der Waals surface area contributed by atoms with Crippen molar-refractivity contribution in [2.45, 2.75) is 26.8 Å². The van der Waals surface area contributed by atoms with Gasteiger partial charge in [0.1, 0.15) is 5.69 Å². The van der Waals surface area contributed by atoms with E-state index in [2.05, 4.69) is 54.8 Å². The average molecular weight is 380 g/mol. The lowest BCUT2D eigenvalue weighted by Crippen LogP contribution is -2.38. The number of carbonyl (C=O) groups excluding carboxylic acids is 1. The van der Waals surface area contributed by atoms with E-state index in [-0.39, 0.29) is 5.91 Å². The third kappa shape index (κ3) is 2.85. The maximum atomic E-state index is 13.7. The molecule has 5 rings (SSSR count). The molecule has 0 spiro atoms. The van der Waals surface area contributed by atoms with Crippen LogP contribution in [0, 0.1) is 13.8 Å². The van der Waals surface area contributed by atoms with Crippen LogP contribution < -0.4 is 4.90 Å². The third-order valence-corrected chi connectivity index (χ3v) is 6.00. The number of para-hydroxylation sites is 1. The van der Waals surface area contributed by atoms with Crippen molar-refractivity contribution in [3.05, 3.63) is 101 Å². The summed E-state index contributed by atoms with van der Waals surface area (Å²) in [6, 6.07) is 24.8. The molecule has 2 heterocycles. The molecule has 0 unspecified atom stereocenters. The van der Waals surface area contributed by atoms with E-state index < -0.39 is 0 Å². The monoisotopic (exact) mass is 380 g/mol. The molecule has 0 atom stereocenters. The van der Waals surface area contributed by atoms with E-state index in [1.165, 1.54) is 33.2 Å². The Labute approximate surface area is 171 Å².